The molecule has 0 saturated carbocycles. The third-order valence-corrected chi connectivity index (χ3v) is 3.91. The van der Waals surface area contributed by atoms with E-state index >= 15 is 0 Å². The van der Waals surface area contributed by atoms with E-state index in [1.807, 2.05) is 0 Å². The van der Waals surface area contributed by atoms with Crippen LogP contribution in [0, 0.1) is 16.0 Å². The van der Waals surface area contributed by atoms with E-state index < -0.39 is 17.6 Å². The molecular formula is C13H16ClF3N4O2. The average Bonchev–Trinajstić information content (AvgIpc) is 2.45. The summed E-state index contributed by atoms with van der Waals surface area (Å²) in [6.45, 7) is 0.261. The van der Waals surface area contributed by atoms with Crippen molar-refractivity contribution in [1.82, 2.24) is 9.88 Å². The van der Waals surface area contributed by atoms with Crippen LogP contribution in [0.3, 0.4) is 0 Å². The van der Waals surface area contributed by atoms with Crippen LogP contribution in [0.15, 0.2) is 12.3 Å². The van der Waals surface area contributed by atoms with Crippen molar-refractivity contribution in [2.75, 3.05) is 31.5 Å². The number of alkyl halides is 3. The third kappa shape index (κ3) is 5.51. The molecule has 1 aromatic heterocycles. The zero-order chi connectivity index (χ0) is 17.0. The van der Waals surface area contributed by atoms with Crippen molar-refractivity contribution < 1.29 is 18.1 Å². The van der Waals surface area contributed by atoms with Crippen LogP contribution in [-0.2, 0) is 0 Å². The molecule has 2 rings (SSSR count). The molecule has 0 spiro atoms. The number of anilines is 1. The Labute approximate surface area is 135 Å². The first-order valence-corrected chi connectivity index (χ1v) is 7.45. The maximum atomic E-state index is 12.3. The van der Waals surface area contributed by atoms with Gasteiger partial charge in [0.15, 0.2) is 0 Å². The van der Waals surface area contributed by atoms with Gasteiger partial charge in [-0.1, -0.05) is 11.6 Å². The standard InChI is InChI=1S/C13H16ClF3N4O2/c14-10-5-11(21(22)23)12(19-7-10)18-6-9-1-3-20(4-2-9)8-13(15,16)17/h5,7,9H,1-4,6,8H2,(H,18,19). The molecule has 0 amide bonds. The lowest BCUT2D eigenvalue weighted by Gasteiger charge is -2.32. The van der Waals surface area contributed by atoms with Gasteiger partial charge in [0.25, 0.3) is 0 Å². The van der Waals surface area contributed by atoms with Crippen molar-refractivity contribution in [2.45, 2.75) is 19.0 Å². The van der Waals surface area contributed by atoms with Crippen LogP contribution < -0.4 is 5.32 Å². The summed E-state index contributed by atoms with van der Waals surface area (Å²) in [7, 11) is 0. The number of hydrogen-bond donors (Lipinski definition) is 1. The van der Waals surface area contributed by atoms with E-state index in [4.69, 9.17) is 11.6 Å². The molecule has 0 radical (unpaired) electrons. The van der Waals surface area contributed by atoms with E-state index in [1.165, 1.54) is 17.2 Å². The van der Waals surface area contributed by atoms with Crippen LogP contribution in [0.4, 0.5) is 24.7 Å². The number of rotatable bonds is 5. The molecule has 6 nitrogen and oxygen atoms in total. The highest BCUT2D eigenvalue weighted by Crippen LogP contribution is 2.27. The molecule has 0 atom stereocenters. The monoisotopic (exact) mass is 352 g/mol. The van der Waals surface area contributed by atoms with Gasteiger partial charge in [0.2, 0.25) is 5.82 Å². The molecule has 1 saturated heterocycles. The molecular weight excluding hydrogens is 337 g/mol. The lowest BCUT2D eigenvalue weighted by molar-refractivity contribution is -0.384. The summed E-state index contributed by atoms with van der Waals surface area (Å²) in [5.41, 5.74) is -0.216. The first-order chi connectivity index (χ1) is 10.7. The molecule has 1 aliphatic rings. The number of nitro groups is 1. The predicted molar refractivity (Wildman–Crippen MR) is 79.6 cm³/mol. The molecule has 0 aromatic carbocycles. The Morgan fingerprint density at radius 3 is 2.65 bits per heavy atom. The van der Waals surface area contributed by atoms with Gasteiger partial charge in [-0.05, 0) is 31.8 Å². The molecule has 1 aliphatic heterocycles. The Balaban J connectivity index is 1.85. The molecule has 0 bridgehead atoms. The van der Waals surface area contributed by atoms with E-state index in [0.717, 1.165) is 0 Å². The summed E-state index contributed by atoms with van der Waals surface area (Å²) >= 11 is 5.69. The smallest absolute Gasteiger partial charge is 0.364 e. The summed E-state index contributed by atoms with van der Waals surface area (Å²) in [6, 6.07) is 1.21. The number of likely N-dealkylation sites (tertiary alicyclic amines) is 1. The van der Waals surface area contributed by atoms with Gasteiger partial charge in [0, 0.05) is 18.8 Å². The summed E-state index contributed by atoms with van der Waals surface area (Å²) in [6.07, 6.45) is -1.67. The fourth-order valence-corrected chi connectivity index (χ4v) is 2.70. The quantitative estimate of drug-likeness (QED) is 0.650. The summed E-state index contributed by atoms with van der Waals surface area (Å²) < 4.78 is 37.0. The van der Waals surface area contributed by atoms with Crippen molar-refractivity contribution in [3.63, 3.8) is 0 Å². The minimum Gasteiger partial charge on any atom is -0.364 e. The number of halogens is 4. The van der Waals surface area contributed by atoms with Gasteiger partial charge in [0.1, 0.15) is 0 Å². The topological polar surface area (TPSA) is 71.3 Å². The summed E-state index contributed by atoms with van der Waals surface area (Å²) in [5.74, 6) is 0.272. The summed E-state index contributed by atoms with van der Waals surface area (Å²) in [4.78, 5) is 15.7. The fraction of sp³-hybridized carbons (Fsp3) is 0.615. The SMILES string of the molecule is O=[N+]([O-])c1cc(Cl)cnc1NCC1CCN(CC(F)(F)F)CC1. The van der Waals surface area contributed by atoms with Gasteiger partial charge in [-0.3, -0.25) is 15.0 Å². The molecule has 128 valence electrons. The van der Waals surface area contributed by atoms with Crippen LogP contribution in [0.2, 0.25) is 5.02 Å². The lowest BCUT2D eigenvalue weighted by atomic mass is 9.97. The van der Waals surface area contributed by atoms with Gasteiger partial charge in [-0.15, -0.1) is 0 Å². The van der Waals surface area contributed by atoms with Gasteiger partial charge in [0.05, 0.1) is 16.5 Å². The second-order valence-corrected chi connectivity index (χ2v) is 5.93. The van der Waals surface area contributed by atoms with E-state index in [0.29, 0.717) is 32.5 Å². The fourth-order valence-electron chi connectivity index (χ4n) is 2.55. The zero-order valence-corrected chi connectivity index (χ0v) is 12.9. The van der Waals surface area contributed by atoms with E-state index in [-0.39, 0.29) is 22.4 Å². The number of pyridine rings is 1. The highest BCUT2D eigenvalue weighted by molar-refractivity contribution is 6.30. The van der Waals surface area contributed by atoms with Crippen molar-refractivity contribution in [2.24, 2.45) is 5.92 Å². The minimum absolute atomic E-state index is 0.122. The van der Waals surface area contributed by atoms with Crippen molar-refractivity contribution >= 4 is 23.1 Å². The van der Waals surface area contributed by atoms with Crippen LogP contribution in [0.25, 0.3) is 0 Å². The average molecular weight is 353 g/mol. The molecule has 0 unspecified atom stereocenters. The first-order valence-electron chi connectivity index (χ1n) is 7.07. The van der Waals surface area contributed by atoms with E-state index in [2.05, 4.69) is 10.3 Å². The highest BCUT2D eigenvalue weighted by Gasteiger charge is 2.32. The second-order valence-electron chi connectivity index (χ2n) is 5.49. The van der Waals surface area contributed by atoms with E-state index in [1.54, 1.807) is 0 Å². The normalized spacial score (nSPS) is 17.2. The number of piperidine rings is 1. The third-order valence-electron chi connectivity index (χ3n) is 3.70. The van der Waals surface area contributed by atoms with Crippen molar-refractivity contribution in [3.05, 3.63) is 27.4 Å². The minimum atomic E-state index is -4.18. The number of aromatic nitrogens is 1. The maximum Gasteiger partial charge on any atom is 0.401 e. The molecule has 10 heteroatoms. The van der Waals surface area contributed by atoms with Crippen LogP contribution >= 0.6 is 11.6 Å². The molecule has 1 N–H and O–H groups in total. The Hall–Kier alpha value is -1.61. The Morgan fingerprint density at radius 1 is 1.43 bits per heavy atom. The van der Waals surface area contributed by atoms with Gasteiger partial charge < -0.3 is 5.32 Å². The zero-order valence-electron chi connectivity index (χ0n) is 12.1. The Morgan fingerprint density at radius 2 is 2.09 bits per heavy atom. The highest BCUT2D eigenvalue weighted by atomic mass is 35.5. The number of hydrogen-bond acceptors (Lipinski definition) is 5. The number of nitrogens with one attached hydrogen (secondary N) is 1. The van der Waals surface area contributed by atoms with Crippen LogP contribution in [0.5, 0.6) is 0 Å². The molecule has 2 heterocycles. The molecule has 23 heavy (non-hydrogen) atoms. The largest absolute Gasteiger partial charge is 0.401 e. The maximum absolute atomic E-state index is 12.3. The Kier molecular flexibility index (Phi) is 5.64. The molecule has 1 fully saturated rings. The Bertz CT molecular complexity index is 563. The molecule has 1 aromatic rings. The van der Waals surface area contributed by atoms with Gasteiger partial charge in [-0.2, -0.15) is 13.2 Å². The van der Waals surface area contributed by atoms with Crippen molar-refractivity contribution in [1.29, 1.82) is 0 Å². The van der Waals surface area contributed by atoms with Crippen molar-refractivity contribution in [3.8, 4) is 0 Å². The van der Waals surface area contributed by atoms with Crippen LogP contribution in [0.1, 0.15) is 12.8 Å². The second kappa shape index (κ2) is 7.31. The van der Waals surface area contributed by atoms with Gasteiger partial charge in [-0.25, -0.2) is 4.98 Å². The lowest BCUT2D eigenvalue weighted by Crippen LogP contribution is -2.41. The number of nitrogens with zero attached hydrogens (tertiary/aromatic N) is 3. The van der Waals surface area contributed by atoms with Crippen LogP contribution in [-0.4, -0.2) is 47.2 Å². The predicted octanol–water partition coefficient (Wildman–Crippen LogP) is 3.33. The summed E-state index contributed by atoms with van der Waals surface area (Å²) in [5, 5.41) is 14.0. The molecule has 0 aliphatic carbocycles. The van der Waals surface area contributed by atoms with Gasteiger partial charge >= 0.3 is 11.9 Å². The first kappa shape index (κ1) is 17.7. The van der Waals surface area contributed by atoms with E-state index in [9.17, 15) is 23.3 Å².